The number of nitrogens with zero attached hydrogens (tertiary/aromatic N) is 2. The van der Waals surface area contributed by atoms with Crippen LogP contribution in [0.5, 0.6) is 0 Å². The van der Waals surface area contributed by atoms with Crippen LogP contribution >= 0.6 is 0 Å². The number of allylic oxidation sites excluding steroid dienone is 1. The first-order chi connectivity index (χ1) is 9.50. The maximum atomic E-state index is 12.2. The van der Waals surface area contributed by atoms with Crippen molar-refractivity contribution in [3.05, 3.63) is 81.1 Å². The molecule has 0 amide bonds. The van der Waals surface area contributed by atoms with E-state index < -0.39 is 11.1 Å². The van der Waals surface area contributed by atoms with Crippen LogP contribution in [0.4, 0.5) is 0 Å². The molecule has 1 aromatic heterocycles. The van der Waals surface area contributed by atoms with E-state index in [4.69, 9.17) is 0 Å². The predicted octanol–water partition coefficient (Wildman–Crippen LogP) is 2.20. The van der Waals surface area contributed by atoms with Crippen molar-refractivity contribution in [1.82, 2.24) is 9.13 Å². The molecule has 0 aliphatic heterocycles. The van der Waals surface area contributed by atoms with E-state index in [0.29, 0.717) is 6.54 Å². The fraction of sp³-hybridized carbons (Fsp3) is 0.250. The minimum atomic E-state index is -0.515. The second-order valence-electron chi connectivity index (χ2n) is 4.99. The summed E-state index contributed by atoms with van der Waals surface area (Å²) in [5.41, 5.74) is 0.801. The molecule has 0 saturated heterocycles. The highest BCUT2D eigenvalue weighted by molar-refractivity contribution is 5.19. The number of hydrogen-bond acceptors (Lipinski definition) is 2. The van der Waals surface area contributed by atoms with Gasteiger partial charge in [0.15, 0.2) is 0 Å². The summed E-state index contributed by atoms with van der Waals surface area (Å²) in [5, 5.41) is 0. The summed E-state index contributed by atoms with van der Waals surface area (Å²) < 4.78 is 2.85. The van der Waals surface area contributed by atoms with E-state index in [-0.39, 0.29) is 6.04 Å². The molecule has 1 heterocycles. The molecule has 2 aromatic rings. The van der Waals surface area contributed by atoms with Crippen molar-refractivity contribution in [2.45, 2.75) is 26.4 Å². The first-order valence-electron chi connectivity index (χ1n) is 6.51. The zero-order valence-electron chi connectivity index (χ0n) is 11.7. The van der Waals surface area contributed by atoms with Gasteiger partial charge in [0.25, 0.3) is 0 Å². The Kier molecular flexibility index (Phi) is 4.03. The maximum Gasteiger partial charge on any atom is 0.317 e. The molecular formula is C16H18N2O2. The van der Waals surface area contributed by atoms with E-state index in [1.54, 1.807) is 12.4 Å². The van der Waals surface area contributed by atoms with Crippen molar-refractivity contribution < 1.29 is 0 Å². The highest BCUT2D eigenvalue weighted by Crippen LogP contribution is 2.14. The Labute approximate surface area is 117 Å². The van der Waals surface area contributed by atoms with Gasteiger partial charge in [0.2, 0.25) is 0 Å². The lowest BCUT2D eigenvalue weighted by atomic mass is 10.1. The molecule has 0 aliphatic carbocycles. The van der Waals surface area contributed by atoms with Crippen LogP contribution in [0.25, 0.3) is 0 Å². The molecule has 0 spiro atoms. The lowest BCUT2D eigenvalue weighted by molar-refractivity contribution is 0.580. The van der Waals surface area contributed by atoms with Crippen molar-refractivity contribution in [3.8, 4) is 0 Å². The van der Waals surface area contributed by atoms with Crippen LogP contribution in [0, 0.1) is 0 Å². The number of rotatable bonds is 4. The molecule has 20 heavy (non-hydrogen) atoms. The maximum absolute atomic E-state index is 12.2. The lowest BCUT2D eigenvalue weighted by Crippen LogP contribution is -2.41. The molecule has 4 nitrogen and oxygen atoms in total. The third-order valence-corrected chi connectivity index (χ3v) is 3.23. The average molecular weight is 270 g/mol. The molecule has 104 valence electrons. The van der Waals surface area contributed by atoms with Crippen LogP contribution < -0.4 is 11.1 Å². The third-order valence-electron chi connectivity index (χ3n) is 3.23. The normalized spacial score (nSPS) is 12.1. The summed E-state index contributed by atoms with van der Waals surface area (Å²) >= 11 is 0. The second-order valence-corrected chi connectivity index (χ2v) is 4.99. The average Bonchev–Trinajstić information content (AvgIpc) is 2.44. The van der Waals surface area contributed by atoms with Gasteiger partial charge in [-0.1, -0.05) is 42.5 Å². The van der Waals surface area contributed by atoms with Gasteiger partial charge < -0.3 is 9.13 Å². The van der Waals surface area contributed by atoms with Gasteiger partial charge in [0.1, 0.15) is 0 Å². The van der Waals surface area contributed by atoms with Gasteiger partial charge in [-0.3, -0.25) is 9.59 Å². The van der Waals surface area contributed by atoms with Gasteiger partial charge in [-0.15, -0.1) is 0 Å². The molecule has 0 N–H and O–H groups in total. The standard InChI is InChI=1S/C16H18N2O2/c1-12(2)11-17-9-10-18(16(20)15(17)19)13(3)14-7-5-4-6-8-14/h4-10,13H,1,11H2,2-3H3. The molecule has 0 aliphatic rings. The molecule has 0 saturated carbocycles. The monoisotopic (exact) mass is 270 g/mol. The van der Waals surface area contributed by atoms with Gasteiger partial charge in [-0.2, -0.15) is 0 Å². The second kappa shape index (κ2) is 5.74. The Bertz CT molecular complexity index is 726. The fourth-order valence-electron chi connectivity index (χ4n) is 2.13. The Hall–Kier alpha value is -2.36. The van der Waals surface area contributed by atoms with Crippen molar-refractivity contribution in [3.63, 3.8) is 0 Å². The van der Waals surface area contributed by atoms with E-state index in [1.807, 2.05) is 44.2 Å². The molecular weight excluding hydrogens is 252 g/mol. The van der Waals surface area contributed by atoms with Crippen LogP contribution in [0.15, 0.2) is 64.5 Å². The molecule has 1 aromatic carbocycles. The first-order valence-corrected chi connectivity index (χ1v) is 6.51. The van der Waals surface area contributed by atoms with Gasteiger partial charge in [0.05, 0.1) is 6.04 Å². The topological polar surface area (TPSA) is 44.0 Å². The molecule has 0 fully saturated rings. The molecule has 0 bridgehead atoms. The number of benzene rings is 1. The number of aromatic nitrogens is 2. The Morgan fingerprint density at radius 2 is 1.80 bits per heavy atom. The summed E-state index contributed by atoms with van der Waals surface area (Å²) in [5.74, 6) is 0. The fourth-order valence-corrected chi connectivity index (χ4v) is 2.13. The highest BCUT2D eigenvalue weighted by atomic mass is 16.2. The zero-order valence-corrected chi connectivity index (χ0v) is 11.7. The summed E-state index contributed by atoms with van der Waals surface area (Å²) in [6.45, 7) is 7.85. The van der Waals surface area contributed by atoms with Crippen LogP contribution in [0.2, 0.25) is 0 Å². The van der Waals surface area contributed by atoms with Crippen LogP contribution in [-0.2, 0) is 6.54 Å². The van der Waals surface area contributed by atoms with Crippen LogP contribution in [0.1, 0.15) is 25.5 Å². The molecule has 1 atom stereocenters. The molecule has 4 heteroatoms. The quantitative estimate of drug-likeness (QED) is 0.631. The van der Waals surface area contributed by atoms with Crippen LogP contribution in [0.3, 0.4) is 0 Å². The lowest BCUT2D eigenvalue weighted by Gasteiger charge is -2.16. The zero-order chi connectivity index (χ0) is 14.7. The van der Waals surface area contributed by atoms with E-state index >= 15 is 0 Å². The molecule has 2 rings (SSSR count). The Morgan fingerprint density at radius 3 is 2.40 bits per heavy atom. The van der Waals surface area contributed by atoms with Crippen molar-refractivity contribution in [1.29, 1.82) is 0 Å². The Balaban J connectivity index is 2.45. The summed E-state index contributed by atoms with van der Waals surface area (Å²) in [6, 6.07) is 9.46. The first kappa shape index (κ1) is 14.1. The van der Waals surface area contributed by atoms with Crippen LogP contribution in [-0.4, -0.2) is 9.13 Å². The van der Waals surface area contributed by atoms with E-state index in [2.05, 4.69) is 6.58 Å². The summed E-state index contributed by atoms with van der Waals surface area (Å²) in [4.78, 5) is 24.2. The summed E-state index contributed by atoms with van der Waals surface area (Å²) in [6.07, 6.45) is 3.29. The summed E-state index contributed by atoms with van der Waals surface area (Å²) in [7, 11) is 0. The van der Waals surface area contributed by atoms with Crippen molar-refractivity contribution in [2.75, 3.05) is 0 Å². The smallest absolute Gasteiger partial charge is 0.305 e. The van der Waals surface area contributed by atoms with Gasteiger partial charge >= 0.3 is 11.1 Å². The van der Waals surface area contributed by atoms with Crippen molar-refractivity contribution >= 4 is 0 Å². The van der Waals surface area contributed by atoms with Gasteiger partial charge in [-0.05, 0) is 19.4 Å². The van der Waals surface area contributed by atoms with Gasteiger partial charge in [-0.25, -0.2) is 0 Å². The van der Waals surface area contributed by atoms with E-state index in [9.17, 15) is 9.59 Å². The van der Waals surface area contributed by atoms with E-state index in [0.717, 1.165) is 11.1 Å². The molecule has 1 unspecified atom stereocenters. The highest BCUT2D eigenvalue weighted by Gasteiger charge is 2.12. The van der Waals surface area contributed by atoms with Gasteiger partial charge in [0, 0.05) is 18.9 Å². The predicted molar refractivity (Wildman–Crippen MR) is 80.0 cm³/mol. The molecule has 0 radical (unpaired) electrons. The SMILES string of the molecule is C=C(C)Cn1ccn(C(C)c2ccccc2)c(=O)c1=O. The number of hydrogen-bond donors (Lipinski definition) is 0. The van der Waals surface area contributed by atoms with Crippen molar-refractivity contribution in [2.24, 2.45) is 0 Å². The Morgan fingerprint density at radius 1 is 1.15 bits per heavy atom. The van der Waals surface area contributed by atoms with E-state index in [1.165, 1.54) is 9.13 Å². The minimum absolute atomic E-state index is 0.170. The third kappa shape index (κ3) is 2.79. The minimum Gasteiger partial charge on any atom is -0.305 e. The largest absolute Gasteiger partial charge is 0.317 e.